The second-order valence-corrected chi connectivity index (χ2v) is 6.55. The van der Waals surface area contributed by atoms with Gasteiger partial charge in [0, 0.05) is 13.1 Å². The van der Waals surface area contributed by atoms with Gasteiger partial charge in [-0.2, -0.15) is 0 Å². The summed E-state index contributed by atoms with van der Waals surface area (Å²) in [5, 5.41) is 17.6. The number of carbonyl (C=O) groups excluding carboxylic acids is 1. The van der Waals surface area contributed by atoms with Gasteiger partial charge in [-0.25, -0.2) is 4.79 Å². The number of likely N-dealkylation sites (tertiary alicyclic amines) is 1. The summed E-state index contributed by atoms with van der Waals surface area (Å²) in [6.07, 6.45) is 1.70. The Bertz CT molecular complexity index is 392. The summed E-state index contributed by atoms with van der Waals surface area (Å²) in [5.74, 6) is -1.92. The standard InChI is InChI=1S/C14H24N2O5/c1-14(2,3)10-4-6-15(7-5-10)13(21)16(8-11(17)18)9-12(19)20/h10H,4-9H2,1-3H3,(H,17,18)(H,19,20). The van der Waals surface area contributed by atoms with Gasteiger partial charge in [0.25, 0.3) is 0 Å². The Balaban J connectivity index is 2.65. The van der Waals surface area contributed by atoms with E-state index in [1.165, 1.54) is 0 Å². The molecule has 0 aromatic carbocycles. The molecule has 2 N–H and O–H groups in total. The molecule has 2 amide bonds. The Morgan fingerprint density at radius 2 is 1.48 bits per heavy atom. The first-order valence-electron chi connectivity index (χ1n) is 7.08. The van der Waals surface area contributed by atoms with Crippen LogP contribution in [0.1, 0.15) is 33.6 Å². The van der Waals surface area contributed by atoms with Crippen molar-refractivity contribution in [3.8, 4) is 0 Å². The lowest BCUT2D eigenvalue weighted by Gasteiger charge is -2.40. The fourth-order valence-electron chi connectivity index (χ4n) is 2.65. The van der Waals surface area contributed by atoms with Crippen molar-refractivity contribution in [2.75, 3.05) is 26.2 Å². The fraction of sp³-hybridized carbons (Fsp3) is 0.786. The number of rotatable bonds is 4. The Morgan fingerprint density at radius 1 is 1.05 bits per heavy atom. The minimum Gasteiger partial charge on any atom is -0.480 e. The topological polar surface area (TPSA) is 98.2 Å². The molecule has 1 fully saturated rings. The molecule has 1 heterocycles. The molecule has 0 unspecified atom stereocenters. The first-order valence-corrected chi connectivity index (χ1v) is 7.08. The molecule has 21 heavy (non-hydrogen) atoms. The van der Waals surface area contributed by atoms with Crippen LogP contribution in [-0.2, 0) is 9.59 Å². The quantitative estimate of drug-likeness (QED) is 0.816. The zero-order valence-corrected chi connectivity index (χ0v) is 12.8. The van der Waals surface area contributed by atoms with E-state index in [9.17, 15) is 14.4 Å². The number of urea groups is 1. The molecular formula is C14H24N2O5. The molecule has 1 aliphatic rings. The Kier molecular flexibility index (Phi) is 5.57. The van der Waals surface area contributed by atoms with E-state index >= 15 is 0 Å². The van der Waals surface area contributed by atoms with E-state index in [0.29, 0.717) is 19.0 Å². The summed E-state index contributed by atoms with van der Waals surface area (Å²) in [6, 6.07) is -0.507. The number of piperidine rings is 1. The zero-order chi connectivity index (χ0) is 16.2. The Hall–Kier alpha value is -1.79. The lowest BCUT2D eigenvalue weighted by atomic mass is 9.75. The first-order chi connectivity index (χ1) is 9.61. The Morgan fingerprint density at radius 3 is 1.81 bits per heavy atom. The molecule has 0 radical (unpaired) electrons. The third kappa shape index (κ3) is 5.24. The second kappa shape index (κ2) is 6.78. The van der Waals surface area contributed by atoms with Gasteiger partial charge in [0.15, 0.2) is 0 Å². The molecule has 7 nitrogen and oxygen atoms in total. The van der Waals surface area contributed by atoms with Gasteiger partial charge in [0.2, 0.25) is 0 Å². The number of hydrogen-bond donors (Lipinski definition) is 2. The molecule has 0 aromatic heterocycles. The minimum absolute atomic E-state index is 0.178. The third-order valence-corrected chi connectivity index (χ3v) is 3.91. The van der Waals surface area contributed by atoms with Crippen molar-refractivity contribution in [2.45, 2.75) is 33.6 Å². The predicted octanol–water partition coefficient (Wildman–Crippen LogP) is 1.34. The molecule has 0 aromatic rings. The van der Waals surface area contributed by atoms with Crippen LogP contribution in [0.4, 0.5) is 4.79 Å². The number of carbonyl (C=O) groups is 3. The highest BCUT2D eigenvalue weighted by Crippen LogP contribution is 2.34. The second-order valence-electron chi connectivity index (χ2n) is 6.55. The summed E-state index contributed by atoms with van der Waals surface area (Å²) in [4.78, 5) is 36.2. The van der Waals surface area contributed by atoms with Crippen LogP contribution in [0.15, 0.2) is 0 Å². The fourth-order valence-corrected chi connectivity index (χ4v) is 2.65. The lowest BCUT2D eigenvalue weighted by molar-refractivity contribution is -0.140. The van der Waals surface area contributed by atoms with Gasteiger partial charge in [-0.3, -0.25) is 9.59 Å². The van der Waals surface area contributed by atoms with Gasteiger partial charge in [-0.15, -0.1) is 0 Å². The molecule has 120 valence electrons. The van der Waals surface area contributed by atoms with Crippen molar-refractivity contribution in [3.63, 3.8) is 0 Å². The van der Waals surface area contributed by atoms with Crippen molar-refractivity contribution >= 4 is 18.0 Å². The minimum atomic E-state index is -1.21. The van der Waals surface area contributed by atoms with Crippen LogP contribution in [0.3, 0.4) is 0 Å². The number of hydrogen-bond acceptors (Lipinski definition) is 3. The lowest BCUT2D eigenvalue weighted by Crippen LogP contribution is -2.50. The van der Waals surface area contributed by atoms with E-state index in [1.807, 2.05) is 0 Å². The van der Waals surface area contributed by atoms with Crippen LogP contribution in [0.2, 0.25) is 0 Å². The van der Waals surface area contributed by atoms with Crippen LogP contribution in [0, 0.1) is 11.3 Å². The highest BCUT2D eigenvalue weighted by molar-refractivity contribution is 5.84. The molecule has 7 heteroatoms. The molecule has 0 bridgehead atoms. The first kappa shape index (κ1) is 17.3. The van der Waals surface area contributed by atoms with E-state index in [4.69, 9.17) is 10.2 Å². The summed E-state index contributed by atoms with van der Waals surface area (Å²) < 4.78 is 0. The van der Waals surface area contributed by atoms with E-state index < -0.39 is 31.1 Å². The molecule has 0 atom stereocenters. The number of aliphatic carboxylic acids is 2. The summed E-state index contributed by atoms with van der Waals surface area (Å²) in [6.45, 7) is 6.38. The molecule has 1 rings (SSSR count). The van der Waals surface area contributed by atoms with Crippen LogP contribution in [0.5, 0.6) is 0 Å². The van der Waals surface area contributed by atoms with Gasteiger partial charge in [0.05, 0.1) is 0 Å². The highest BCUT2D eigenvalue weighted by atomic mass is 16.4. The summed E-state index contributed by atoms with van der Waals surface area (Å²) in [7, 11) is 0. The largest absolute Gasteiger partial charge is 0.480 e. The molecule has 0 saturated carbocycles. The molecule has 0 aliphatic carbocycles. The molecular weight excluding hydrogens is 276 g/mol. The monoisotopic (exact) mass is 300 g/mol. The molecule has 1 saturated heterocycles. The van der Waals surface area contributed by atoms with Crippen LogP contribution in [0.25, 0.3) is 0 Å². The maximum absolute atomic E-state index is 12.3. The van der Waals surface area contributed by atoms with Gasteiger partial charge >= 0.3 is 18.0 Å². The van der Waals surface area contributed by atoms with Crippen molar-refractivity contribution in [3.05, 3.63) is 0 Å². The molecule has 1 aliphatic heterocycles. The van der Waals surface area contributed by atoms with Crippen molar-refractivity contribution in [1.29, 1.82) is 0 Å². The number of carboxylic acids is 2. The maximum atomic E-state index is 12.3. The normalized spacial score (nSPS) is 16.6. The zero-order valence-electron chi connectivity index (χ0n) is 12.8. The van der Waals surface area contributed by atoms with Gasteiger partial charge < -0.3 is 20.0 Å². The van der Waals surface area contributed by atoms with Crippen LogP contribution in [-0.4, -0.2) is 64.2 Å². The molecule has 0 spiro atoms. The summed E-state index contributed by atoms with van der Waals surface area (Å²) >= 11 is 0. The van der Waals surface area contributed by atoms with Crippen molar-refractivity contribution in [1.82, 2.24) is 9.80 Å². The maximum Gasteiger partial charge on any atom is 0.323 e. The van der Waals surface area contributed by atoms with Crippen molar-refractivity contribution in [2.24, 2.45) is 11.3 Å². The van der Waals surface area contributed by atoms with Gasteiger partial charge in [0.1, 0.15) is 13.1 Å². The predicted molar refractivity (Wildman–Crippen MR) is 76.0 cm³/mol. The Labute approximate surface area is 124 Å². The SMILES string of the molecule is CC(C)(C)C1CCN(C(=O)N(CC(=O)O)CC(=O)O)CC1. The van der Waals surface area contributed by atoms with E-state index in [2.05, 4.69) is 20.8 Å². The number of amides is 2. The number of nitrogens with zero attached hydrogens (tertiary/aromatic N) is 2. The smallest absolute Gasteiger partial charge is 0.323 e. The van der Waals surface area contributed by atoms with E-state index in [1.54, 1.807) is 4.90 Å². The van der Waals surface area contributed by atoms with E-state index in [-0.39, 0.29) is 5.41 Å². The van der Waals surface area contributed by atoms with Crippen LogP contribution >= 0.6 is 0 Å². The highest BCUT2D eigenvalue weighted by Gasteiger charge is 2.32. The number of carboxylic acid groups (broad SMARTS) is 2. The average molecular weight is 300 g/mol. The average Bonchev–Trinajstić information content (AvgIpc) is 2.35. The summed E-state index contributed by atoms with van der Waals surface area (Å²) in [5.41, 5.74) is 0.178. The van der Waals surface area contributed by atoms with Gasteiger partial charge in [-0.05, 0) is 24.2 Å². The van der Waals surface area contributed by atoms with Crippen molar-refractivity contribution < 1.29 is 24.6 Å². The van der Waals surface area contributed by atoms with Crippen LogP contribution < -0.4 is 0 Å². The third-order valence-electron chi connectivity index (χ3n) is 3.91. The van der Waals surface area contributed by atoms with Gasteiger partial charge in [-0.1, -0.05) is 20.8 Å². The van der Waals surface area contributed by atoms with E-state index in [0.717, 1.165) is 17.7 Å².